The third kappa shape index (κ3) is 6.34. The topological polar surface area (TPSA) is 72.4 Å². The van der Waals surface area contributed by atoms with Crippen LogP contribution in [0.15, 0.2) is 35.9 Å². The predicted octanol–water partition coefficient (Wildman–Crippen LogP) is 1.67. The van der Waals surface area contributed by atoms with Gasteiger partial charge in [0.25, 0.3) is 0 Å². The predicted molar refractivity (Wildman–Crippen MR) is 92.1 cm³/mol. The quantitative estimate of drug-likeness (QED) is 0.409. The van der Waals surface area contributed by atoms with Crippen molar-refractivity contribution in [1.82, 2.24) is 0 Å². The summed E-state index contributed by atoms with van der Waals surface area (Å²) >= 11 is 0. The number of rotatable bonds is 9. The lowest BCUT2D eigenvalue weighted by molar-refractivity contribution is -0.660. The highest BCUT2D eigenvalue weighted by atomic mass is 16.5. The zero-order valence-corrected chi connectivity index (χ0v) is 14.4. The molecule has 0 heterocycles. The lowest BCUT2D eigenvalue weighted by Crippen LogP contribution is -2.86. The average molecular weight is 334 g/mol. The van der Waals surface area contributed by atoms with Crippen LogP contribution in [0.3, 0.4) is 0 Å². The van der Waals surface area contributed by atoms with E-state index in [1.165, 1.54) is 32.8 Å². The van der Waals surface area contributed by atoms with Crippen LogP contribution in [0.5, 0.6) is 5.75 Å². The summed E-state index contributed by atoms with van der Waals surface area (Å²) < 4.78 is 10.2. The first-order chi connectivity index (χ1) is 11.7. The molecule has 3 N–H and O–H groups in total. The van der Waals surface area contributed by atoms with Gasteiger partial charge in [-0.15, -0.1) is 0 Å². The van der Waals surface area contributed by atoms with Crippen molar-refractivity contribution in [2.45, 2.75) is 38.2 Å². The molecule has 0 radical (unpaired) electrons. The van der Waals surface area contributed by atoms with E-state index in [1.807, 2.05) is 0 Å². The number of nitrogens with two attached hydrogens (primary N) is 1. The highest BCUT2D eigenvalue weighted by molar-refractivity contribution is 5.89. The van der Waals surface area contributed by atoms with E-state index in [1.54, 1.807) is 29.8 Å². The Morgan fingerprint density at radius 3 is 3.00 bits per heavy atom. The zero-order chi connectivity index (χ0) is 17.2. The normalized spacial score (nSPS) is 15.5. The Balaban J connectivity index is 1.64. The van der Waals surface area contributed by atoms with E-state index in [9.17, 15) is 9.90 Å². The van der Waals surface area contributed by atoms with Gasteiger partial charge in [0.2, 0.25) is 0 Å². The van der Waals surface area contributed by atoms with Gasteiger partial charge in [0.15, 0.2) is 0 Å². The van der Waals surface area contributed by atoms with Crippen molar-refractivity contribution in [3.05, 3.63) is 41.5 Å². The molecule has 1 aromatic carbocycles. The van der Waals surface area contributed by atoms with Gasteiger partial charge in [-0.05, 0) is 43.9 Å². The van der Waals surface area contributed by atoms with Crippen LogP contribution in [0.4, 0.5) is 0 Å². The molecule has 0 saturated carbocycles. The van der Waals surface area contributed by atoms with Crippen LogP contribution in [-0.2, 0) is 4.74 Å². The minimum Gasteiger partial charge on any atom is -0.491 e. The largest absolute Gasteiger partial charge is 0.491 e. The maximum atomic E-state index is 11.5. The van der Waals surface area contributed by atoms with Crippen molar-refractivity contribution in [3.8, 4) is 5.75 Å². The number of ether oxygens (including phenoxy) is 2. The van der Waals surface area contributed by atoms with Gasteiger partial charge in [0.1, 0.15) is 25.0 Å². The Hall–Kier alpha value is -1.85. The van der Waals surface area contributed by atoms with Crippen LogP contribution >= 0.6 is 0 Å². The number of aliphatic hydroxyl groups is 1. The third-order valence-corrected chi connectivity index (χ3v) is 4.19. The van der Waals surface area contributed by atoms with Crippen LogP contribution < -0.4 is 10.1 Å². The average Bonchev–Trinajstić information content (AvgIpc) is 2.64. The smallest absolute Gasteiger partial charge is 0.337 e. The van der Waals surface area contributed by atoms with E-state index in [0.717, 1.165) is 13.0 Å². The van der Waals surface area contributed by atoms with Gasteiger partial charge in [-0.3, -0.25) is 0 Å². The lowest BCUT2D eigenvalue weighted by atomic mass is 9.97. The van der Waals surface area contributed by atoms with Gasteiger partial charge in [-0.1, -0.05) is 17.7 Å². The van der Waals surface area contributed by atoms with E-state index in [-0.39, 0.29) is 6.61 Å². The van der Waals surface area contributed by atoms with Crippen LogP contribution in [0.1, 0.15) is 42.5 Å². The second-order valence-corrected chi connectivity index (χ2v) is 6.16. The number of hydrogen-bond donors (Lipinski definition) is 2. The van der Waals surface area contributed by atoms with Gasteiger partial charge in [-0.2, -0.15) is 0 Å². The number of aliphatic hydroxyl groups excluding tert-OH is 1. The Morgan fingerprint density at radius 1 is 1.38 bits per heavy atom. The highest BCUT2D eigenvalue weighted by Crippen LogP contribution is 2.19. The summed E-state index contributed by atoms with van der Waals surface area (Å²) in [4.78, 5) is 11.5. The van der Waals surface area contributed by atoms with Crippen LogP contribution in [0, 0.1) is 0 Å². The molecule has 0 spiro atoms. The lowest BCUT2D eigenvalue weighted by Gasteiger charge is -2.14. The van der Waals surface area contributed by atoms with Gasteiger partial charge in [0, 0.05) is 6.42 Å². The molecule has 132 valence electrons. The molecule has 0 aliphatic heterocycles. The molecule has 24 heavy (non-hydrogen) atoms. The van der Waals surface area contributed by atoms with E-state index in [0.29, 0.717) is 17.9 Å². The Morgan fingerprint density at radius 2 is 2.25 bits per heavy atom. The summed E-state index contributed by atoms with van der Waals surface area (Å²) in [5.41, 5.74) is 2.00. The molecule has 0 bridgehead atoms. The van der Waals surface area contributed by atoms with E-state index in [2.05, 4.69) is 16.1 Å². The first-order valence-electron chi connectivity index (χ1n) is 8.68. The fourth-order valence-electron chi connectivity index (χ4n) is 2.82. The van der Waals surface area contributed by atoms with E-state index >= 15 is 0 Å². The van der Waals surface area contributed by atoms with Gasteiger partial charge in [-0.25, -0.2) is 4.79 Å². The Kier molecular flexibility index (Phi) is 7.79. The fraction of sp³-hybridized carbons (Fsp3) is 0.526. The number of allylic oxidation sites excluding steroid dienone is 1. The molecular formula is C19H28NO4+. The van der Waals surface area contributed by atoms with Crippen LogP contribution in [-0.4, -0.2) is 44.0 Å². The summed E-state index contributed by atoms with van der Waals surface area (Å²) in [7, 11) is 1.35. The Labute approximate surface area is 143 Å². The standard InChI is InChI=1S/C19H27NO4/c1-23-19(22)16-8-5-9-18(12-16)24-14-17(21)13-20-11-10-15-6-3-2-4-7-15/h5-6,8-9,12,17,20-21H,2-4,7,10-11,13-14H2,1H3/p+1/t17-/m0/s1. The summed E-state index contributed by atoms with van der Waals surface area (Å²) in [6.07, 6.45) is 8.02. The van der Waals surface area contributed by atoms with Crippen LogP contribution in [0.25, 0.3) is 0 Å². The molecule has 5 heteroatoms. The van der Waals surface area contributed by atoms with Crippen molar-refractivity contribution in [3.63, 3.8) is 0 Å². The maximum Gasteiger partial charge on any atom is 0.337 e. The van der Waals surface area contributed by atoms with E-state index < -0.39 is 12.1 Å². The number of carbonyl (C=O) groups excluding carboxylic acids is 1. The maximum absolute atomic E-state index is 11.5. The Bertz CT molecular complexity index is 556. The second kappa shape index (κ2) is 10.1. The number of hydrogen-bond acceptors (Lipinski definition) is 4. The number of esters is 1. The van der Waals surface area contributed by atoms with Crippen molar-refractivity contribution in [2.24, 2.45) is 0 Å². The van der Waals surface area contributed by atoms with Crippen molar-refractivity contribution in [1.29, 1.82) is 0 Å². The summed E-state index contributed by atoms with van der Waals surface area (Å²) in [6.45, 7) is 1.83. The molecule has 1 aromatic rings. The molecular weight excluding hydrogens is 306 g/mol. The molecule has 1 aliphatic rings. The number of carbonyl (C=O) groups is 1. The first kappa shape index (κ1) is 18.5. The number of benzene rings is 1. The van der Waals surface area contributed by atoms with Crippen molar-refractivity contribution < 1.29 is 24.7 Å². The van der Waals surface area contributed by atoms with Gasteiger partial charge >= 0.3 is 5.97 Å². The monoisotopic (exact) mass is 334 g/mol. The molecule has 5 nitrogen and oxygen atoms in total. The van der Waals surface area contributed by atoms with Crippen molar-refractivity contribution in [2.75, 3.05) is 26.8 Å². The fourth-order valence-corrected chi connectivity index (χ4v) is 2.82. The molecule has 1 aliphatic carbocycles. The molecule has 0 fully saturated rings. The summed E-state index contributed by atoms with van der Waals surface area (Å²) in [5, 5.41) is 12.1. The number of quaternary nitrogens is 1. The summed E-state index contributed by atoms with van der Waals surface area (Å²) in [5.74, 6) is 0.163. The highest BCUT2D eigenvalue weighted by Gasteiger charge is 2.10. The number of methoxy groups -OCH3 is 1. The third-order valence-electron chi connectivity index (χ3n) is 4.19. The van der Waals surface area contributed by atoms with E-state index in [4.69, 9.17) is 4.74 Å². The minimum absolute atomic E-state index is 0.212. The van der Waals surface area contributed by atoms with Gasteiger partial charge in [0.05, 0.1) is 19.2 Å². The molecule has 0 unspecified atom stereocenters. The SMILES string of the molecule is COC(=O)c1cccc(OC[C@@H](O)C[NH2+]CCC2=CCCCC2)c1. The first-order valence-corrected chi connectivity index (χ1v) is 8.68. The zero-order valence-electron chi connectivity index (χ0n) is 14.4. The molecule has 0 aromatic heterocycles. The molecule has 0 saturated heterocycles. The summed E-state index contributed by atoms with van der Waals surface area (Å²) in [6, 6.07) is 6.79. The second-order valence-electron chi connectivity index (χ2n) is 6.16. The minimum atomic E-state index is -0.535. The van der Waals surface area contributed by atoms with Gasteiger partial charge < -0.3 is 19.9 Å². The van der Waals surface area contributed by atoms with Crippen molar-refractivity contribution >= 4 is 5.97 Å². The van der Waals surface area contributed by atoms with Crippen LogP contribution in [0.2, 0.25) is 0 Å². The molecule has 2 rings (SSSR count). The molecule has 0 amide bonds. The molecule has 1 atom stereocenters.